The number of rotatable bonds is 9. The summed E-state index contributed by atoms with van der Waals surface area (Å²) >= 11 is 0. The predicted molar refractivity (Wildman–Crippen MR) is 119 cm³/mol. The van der Waals surface area contributed by atoms with Crippen molar-refractivity contribution >= 4 is 0 Å². The lowest BCUT2D eigenvalue weighted by Crippen LogP contribution is -2.26. The van der Waals surface area contributed by atoms with Crippen LogP contribution in [-0.4, -0.2) is 0 Å². The highest BCUT2D eigenvalue weighted by Gasteiger charge is 2.30. The van der Waals surface area contributed by atoms with Gasteiger partial charge in [-0.25, -0.2) is 0 Å². The Kier molecular flexibility index (Phi) is 8.91. The molecule has 1 aromatic rings. The summed E-state index contributed by atoms with van der Waals surface area (Å²) in [7, 11) is 0. The van der Waals surface area contributed by atoms with E-state index >= 15 is 0 Å². The van der Waals surface area contributed by atoms with E-state index in [1.54, 1.807) is 0 Å². The van der Waals surface area contributed by atoms with Crippen LogP contribution >= 0.6 is 0 Å². The highest BCUT2D eigenvalue weighted by Crippen LogP contribution is 2.43. The van der Waals surface area contributed by atoms with Crippen LogP contribution in [0.5, 0.6) is 0 Å². The number of hydrogen-bond acceptors (Lipinski definition) is 1. The van der Waals surface area contributed by atoms with Crippen LogP contribution in [0.1, 0.15) is 108 Å². The first-order valence-corrected chi connectivity index (χ1v) is 12.3. The van der Waals surface area contributed by atoms with E-state index in [0.717, 1.165) is 29.2 Å². The molecule has 0 radical (unpaired) electrons. The van der Waals surface area contributed by atoms with Crippen LogP contribution in [0.3, 0.4) is 0 Å². The minimum atomic E-state index is 0.778. The summed E-state index contributed by atoms with van der Waals surface area (Å²) < 4.78 is 0. The number of unbranched alkanes of at least 4 members (excludes halogenated alkanes) is 3. The van der Waals surface area contributed by atoms with Crippen molar-refractivity contribution < 1.29 is 0 Å². The van der Waals surface area contributed by atoms with Crippen molar-refractivity contribution in [2.24, 2.45) is 23.7 Å². The molecule has 0 heterocycles. The fourth-order valence-corrected chi connectivity index (χ4v) is 5.87. The van der Waals surface area contributed by atoms with Crippen molar-refractivity contribution in [1.29, 1.82) is 5.26 Å². The molecule has 2 aliphatic carbocycles. The molecule has 154 valence electrons. The van der Waals surface area contributed by atoms with Gasteiger partial charge in [-0.05, 0) is 79.9 Å². The van der Waals surface area contributed by atoms with Crippen LogP contribution < -0.4 is 0 Å². The molecule has 0 atom stereocenters. The Morgan fingerprint density at radius 3 is 1.86 bits per heavy atom. The fraction of sp³-hybridized carbons (Fsp3) is 0.741. The lowest BCUT2D eigenvalue weighted by molar-refractivity contribution is 0.140. The quantitative estimate of drug-likeness (QED) is 0.398. The van der Waals surface area contributed by atoms with Gasteiger partial charge in [0.1, 0.15) is 0 Å². The molecule has 2 saturated carbocycles. The topological polar surface area (TPSA) is 23.8 Å². The Morgan fingerprint density at radius 1 is 0.750 bits per heavy atom. The van der Waals surface area contributed by atoms with Crippen LogP contribution in [0.2, 0.25) is 0 Å². The number of nitrogens with zero attached hydrogens (tertiary/aromatic N) is 1. The van der Waals surface area contributed by atoms with Gasteiger partial charge in [-0.1, -0.05) is 76.8 Å². The van der Waals surface area contributed by atoms with Crippen LogP contribution in [0.15, 0.2) is 24.3 Å². The molecule has 3 rings (SSSR count). The van der Waals surface area contributed by atoms with Gasteiger partial charge in [0.15, 0.2) is 0 Å². The van der Waals surface area contributed by atoms with Crippen LogP contribution in [0.25, 0.3) is 0 Å². The highest BCUT2D eigenvalue weighted by molar-refractivity contribution is 5.31. The summed E-state index contributed by atoms with van der Waals surface area (Å²) in [5.74, 6) is 4.07. The van der Waals surface area contributed by atoms with Crippen molar-refractivity contribution in [3.05, 3.63) is 35.4 Å². The lowest BCUT2D eigenvalue weighted by atomic mass is 9.68. The molecule has 0 saturated heterocycles. The van der Waals surface area contributed by atoms with Gasteiger partial charge in [0.05, 0.1) is 11.6 Å². The van der Waals surface area contributed by atoms with Gasteiger partial charge in [0, 0.05) is 0 Å². The summed E-state index contributed by atoms with van der Waals surface area (Å²) in [5, 5.41) is 8.92. The van der Waals surface area contributed by atoms with Crippen LogP contribution in [0, 0.1) is 35.0 Å². The van der Waals surface area contributed by atoms with Gasteiger partial charge >= 0.3 is 0 Å². The van der Waals surface area contributed by atoms with Gasteiger partial charge in [-0.2, -0.15) is 5.26 Å². The fourth-order valence-electron chi connectivity index (χ4n) is 5.87. The monoisotopic (exact) mass is 379 g/mol. The Bertz CT molecular complexity index is 580. The molecule has 2 aliphatic rings. The molecule has 0 unspecified atom stereocenters. The van der Waals surface area contributed by atoms with Gasteiger partial charge in [-0.3, -0.25) is 0 Å². The smallest absolute Gasteiger partial charge is 0.0991 e. The van der Waals surface area contributed by atoms with Crippen molar-refractivity contribution in [3.8, 4) is 6.07 Å². The Balaban J connectivity index is 1.30. The minimum absolute atomic E-state index is 0.778. The number of hydrogen-bond donors (Lipinski definition) is 0. The Hall–Kier alpha value is -1.29. The van der Waals surface area contributed by atoms with Crippen LogP contribution in [0.4, 0.5) is 0 Å². The van der Waals surface area contributed by atoms with E-state index in [0.29, 0.717) is 0 Å². The molecule has 0 amide bonds. The molecule has 0 bridgehead atoms. The average Bonchev–Trinajstić information content (AvgIpc) is 2.76. The molecular formula is C27H41N. The van der Waals surface area contributed by atoms with Crippen molar-refractivity contribution in [2.75, 3.05) is 0 Å². The molecule has 1 heteroatoms. The third-order valence-corrected chi connectivity index (χ3v) is 7.84. The van der Waals surface area contributed by atoms with E-state index in [4.69, 9.17) is 5.26 Å². The van der Waals surface area contributed by atoms with E-state index in [1.165, 1.54) is 102 Å². The summed E-state index contributed by atoms with van der Waals surface area (Å²) in [4.78, 5) is 0. The zero-order chi connectivity index (χ0) is 19.6. The van der Waals surface area contributed by atoms with Gasteiger partial charge in [0.25, 0.3) is 0 Å². The SMILES string of the molecule is CCCCCC[C@H]1CC[C@H](C2CCC(CCc3ccc(C#N)cc3)CC2)CC1. The first-order chi connectivity index (χ1) is 13.8. The third-order valence-electron chi connectivity index (χ3n) is 7.84. The first kappa shape index (κ1) is 21.4. The molecule has 28 heavy (non-hydrogen) atoms. The molecular weight excluding hydrogens is 338 g/mol. The largest absolute Gasteiger partial charge is 0.192 e. The van der Waals surface area contributed by atoms with E-state index in [1.807, 2.05) is 12.1 Å². The van der Waals surface area contributed by atoms with E-state index in [-0.39, 0.29) is 0 Å². The maximum atomic E-state index is 8.92. The zero-order valence-corrected chi connectivity index (χ0v) is 18.2. The summed E-state index contributed by atoms with van der Waals surface area (Å²) in [5.41, 5.74) is 2.18. The van der Waals surface area contributed by atoms with Crippen molar-refractivity contribution in [3.63, 3.8) is 0 Å². The summed E-state index contributed by atoms with van der Waals surface area (Å²) in [6.07, 6.45) is 21.8. The minimum Gasteiger partial charge on any atom is -0.192 e. The maximum Gasteiger partial charge on any atom is 0.0991 e. The average molecular weight is 380 g/mol. The summed E-state index contributed by atoms with van der Waals surface area (Å²) in [6.45, 7) is 2.31. The predicted octanol–water partition coefficient (Wildman–Crippen LogP) is 8.07. The third kappa shape index (κ3) is 6.65. The first-order valence-electron chi connectivity index (χ1n) is 12.3. The van der Waals surface area contributed by atoms with E-state index < -0.39 is 0 Å². The normalized spacial score (nSPS) is 28.0. The molecule has 1 nitrogen and oxygen atoms in total. The maximum absolute atomic E-state index is 8.92. The van der Waals surface area contributed by atoms with E-state index in [9.17, 15) is 0 Å². The molecule has 0 aromatic heterocycles. The van der Waals surface area contributed by atoms with Gasteiger partial charge in [-0.15, -0.1) is 0 Å². The van der Waals surface area contributed by atoms with Gasteiger partial charge < -0.3 is 0 Å². The highest BCUT2D eigenvalue weighted by atomic mass is 14.4. The summed E-state index contributed by atoms with van der Waals surface area (Å²) in [6, 6.07) is 10.4. The molecule has 0 spiro atoms. The number of benzene rings is 1. The number of nitriles is 1. The molecule has 0 N–H and O–H groups in total. The standard InChI is InChI=1S/C27H41N/c1-2-3-4-5-6-22-13-17-26(18-14-22)27-19-15-24(16-20-27)8-7-23-9-11-25(21-28)12-10-23/h9-12,22,24,26-27H,2-8,13-20H2,1H3/t22-,24?,26-,27?. The molecule has 1 aromatic carbocycles. The zero-order valence-electron chi connectivity index (χ0n) is 18.2. The molecule has 0 aliphatic heterocycles. The Morgan fingerprint density at radius 2 is 1.32 bits per heavy atom. The van der Waals surface area contributed by atoms with Gasteiger partial charge in [0.2, 0.25) is 0 Å². The second-order valence-corrected chi connectivity index (χ2v) is 9.76. The number of aryl methyl sites for hydroxylation is 1. The lowest BCUT2D eigenvalue weighted by Gasteiger charge is -2.38. The second-order valence-electron chi connectivity index (χ2n) is 9.76. The van der Waals surface area contributed by atoms with Crippen LogP contribution in [-0.2, 0) is 6.42 Å². The van der Waals surface area contributed by atoms with Crippen molar-refractivity contribution in [2.45, 2.75) is 103 Å². The Labute approximate surface area is 173 Å². The molecule has 2 fully saturated rings. The van der Waals surface area contributed by atoms with Crippen molar-refractivity contribution in [1.82, 2.24) is 0 Å². The van der Waals surface area contributed by atoms with E-state index in [2.05, 4.69) is 25.1 Å². The second kappa shape index (κ2) is 11.6.